The van der Waals surface area contributed by atoms with E-state index in [-0.39, 0.29) is 37.1 Å². The Balaban J connectivity index is 1.69. The number of carbonyl (C=O) groups excluding carboxylic acids is 3. The highest BCUT2D eigenvalue weighted by molar-refractivity contribution is 6.35. The van der Waals surface area contributed by atoms with Gasteiger partial charge in [0.2, 0.25) is 11.8 Å². The number of amides is 3. The summed E-state index contributed by atoms with van der Waals surface area (Å²) in [5, 5.41) is 3.56. The zero-order chi connectivity index (χ0) is 18.0. The van der Waals surface area contributed by atoms with E-state index in [4.69, 9.17) is 23.2 Å². The van der Waals surface area contributed by atoms with Crippen LogP contribution in [0.5, 0.6) is 0 Å². The molecule has 1 aliphatic rings. The maximum absolute atomic E-state index is 12.3. The second kappa shape index (κ2) is 7.25. The van der Waals surface area contributed by atoms with Crippen LogP contribution in [0.25, 0.3) is 0 Å². The second-order valence-corrected chi connectivity index (χ2v) is 6.49. The summed E-state index contributed by atoms with van der Waals surface area (Å²) in [7, 11) is 0. The van der Waals surface area contributed by atoms with E-state index in [2.05, 4.69) is 5.32 Å². The Bertz CT molecular complexity index is 834. The van der Waals surface area contributed by atoms with Crippen LogP contribution in [-0.2, 0) is 16.1 Å². The molecule has 1 fully saturated rings. The summed E-state index contributed by atoms with van der Waals surface area (Å²) >= 11 is 11.9. The van der Waals surface area contributed by atoms with Crippen LogP contribution in [0.4, 0.5) is 5.69 Å². The molecule has 3 rings (SSSR count). The molecule has 0 radical (unpaired) electrons. The number of carbonyl (C=O) groups is 3. The van der Waals surface area contributed by atoms with Crippen molar-refractivity contribution in [3.63, 3.8) is 0 Å². The van der Waals surface area contributed by atoms with E-state index in [0.29, 0.717) is 21.3 Å². The van der Waals surface area contributed by atoms with Crippen LogP contribution in [0.1, 0.15) is 28.8 Å². The molecule has 1 N–H and O–H groups in total. The van der Waals surface area contributed by atoms with Gasteiger partial charge in [-0.25, -0.2) is 0 Å². The van der Waals surface area contributed by atoms with Crippen molar-refractivity contribution in [3.05, 3.63) is 63.6 Å². The summed E-state index contributed by atoms with van der Waals surface area (Å²) in [5.74, 6) is -0.658. The Hall–Kier alpha value is -2.37. The molecule has 0 saturated carbocycles. The Kier molecular flexibility index (Phi) is 5.06. The fourth-order valence-corrected chi connectivity index (χ4v) is 2.87. The largest absolute Gasteiger partial charge is 0.321 e. The van der Waals surface area contributed by atoms with Crippen LogP contribution in [-0.4, -0.2) is 22.6 Å². The van der Waals surface area contributed by atoms with Crippen molar-refractivity contribution in [1.82, 2.24) is 4.90 Å². The number of likely N-dealkylation sites (tertiary alicyclic amines) is 1. The molecule has 0 aliphatic carbocycles. The molecule has 0 atom stereocenters. The molecule has 25 heavy (non-hydrogen) atoms. The van der Waals surface area contributed by atoms with Crippen molar-refractivity contribution < 1.29 is 14.4 Å². The molecule has 128 valence electrons. The fourth-order valence-electron chi connectivity index (χ4n) is 2.53. The molecule has 0 aromatic heterocycles. The molecule has 1 aliphatic heterocycles. The number of anilines is 1. The molecule has 2 aromatic rings. The smallest absolute Gasteiger partial charge is 0.255 e. The first-order valence-electron chi connectivity index (χ1n) is 7.62. The number of hydrogen-bond acceptors (Lipinski definition) is 3. The van der Waals surface area contributed by atoms with Gasteiger partial charge < -0.3 is 5.32 Å². The Morgan fingerprint density at radius 1 is 1.00 bits per heavy atom. The molecule has 0 spiro atoms. The van der Waals surface area contributed by atoms with Gasteiger partial charge in [0, 0.05) is 23.4 Å². The average Bonchev–Trinajstić information content (AvgIpc) is 2.91. The number of hydrogen-bond donors (Lipinski definition) is 1. The van der Waals surface area contributed by atoms with Crippen LogP contribution in [0.2, 0.25) is 10.0 Å². The Labute approximate surface area is 154 Å². The Morgan fingerprint density at radius 2 is 1.64 bits per heavy atom. The third-order valence-corrected chi connectivity index (χ3v) is 4.45. The van der Waals surface area contributed by atoms with Gasteiger partial charge in [0.05, 0.1) is 17.3 Å². The lowest BCUT2D eigenvalue weighted by molar-refractivity contribution is -0.139. The van der Waals surface area contributed by atoms with E-state index in [1.165, 1.54) is 4.90 Å². The zero-order valence-corrected chi connectivity index (χ0v) is 14.6. The predicted octanol–water partition coefficient (Wildman–Crippen LogP) is 3.89. The summed E-state index contributed by atoms with van der Waals surface area (Å²) in [6.45, 7) is 0.222. The van der Waals surface area contributed by atoms with Crippen molar-refractivity contribution in [3.8, 4) is 0 Å². The summed E-state index contributed by atoms with van der Waals surface area (Å²) in [6, 6.07) is 11.5. The SMILES string of the molecule is O=C(Nc1cc(Cl)ccc1Cl)c1ccc(CN2C(=O)CCC2=O)cc1. The number of nitrogens with one attached hydrogen (secondary N) is 1. The van der Waals surface area contributed by atoms with Gasteiger partial charge in [-0.3, -0.25) is 19.3 Å². The van der Waals surface area contributed by atoms with E-state index in [0.717, 1.165) is 5.56 Å². The lowest BCUT2D eigenvalue weighted by Gasteiger charge is -2.14. The first-order chi connectivity index (χ1) is 11.9. The average molecular weight is 377 g/mol. The molecule has 1 heterocycles. The van der Waals surface area contributed by atoms with Crippen molar-refractivity contribution in [1.29, 1.82) is 0 Å². The third kappa shape index (κ3) is 4.00. The monoisotopic (exact) mass is 376 g/mol. The maximum Gasteiger partial charge on any atom is 0.255 e. The summed E-state index contributed by atoms with van der Waals surface area (Å²) in [6.07, 6.45) is 0.527. The number of halogens is 2. The van der Waals surface area contributed by atoms with Crippen molar-refractivity contribution in [2.75, 3.05) is 5.32 Å². The van der Waals surface area contributed by atoms with E-state index in [1.807, 2.05) is 0 Å². The lowest BCUT2D eigenvalue weighted by atomic mass is 10.1. The normalized spacial score (nSPS) is 14.1. The first-order valence-corrected chi connectivity index (χ1v) is 8.38. The number of nitrogens with zero attached hydrogens (tertiary/aromatic N) is 1. The molecule has 0 unspecified atom stereocenters. The summed E-state index contributed by atoms with van der Waals surface area (Å²) in [4.78, 5) is 36.8. The van der Waals surface area contributed by atoms with Crippen molar-refractivity contribution in [2.45, 2.75) is 19.4 Å². The van der Waals surface area contributed by atoms with Crippen molar-refractivity contribution in [2.24, 2.45) is 0 Å². The second-order valence-electron chi connectivity index (χ2n) is 5.65. The maximum atomic E-state index is 12.3. The summed E-state index contributed by atoms with van der Waals surface area (Å²) < 4.78 is 0. The van der Waals surface area contributed by atoms with E-state index < -0.39 is 0 Å². The standard InChI is InChI=1S/C18H14Cl2N2O3/c19-13-5-6-14(20)15(9-13)21-18(25)12-3-1-11(2-4-12)10-22-16(23)7-8-17(22)24/h1-6,9H,7-8,10H2,(H,21,25). The molecular formula is C18H14Cl2N2O3. The molecule has 3 amide bonds. The lowest BCUT2D eigenvalue weighted by Crippen LogP contribution is -2.28. The van der Waals surface area contributed by atoms with Gasteiger partial charge in [-0.2, -0.15) is 0 Å². The Morgan fingerprint density at radius 3 is 2.28 bits per heavy atom. The van der Waals surface area contributed by atoms with Gasteiger partial charge in [0.15, 0.2) is 0 Å². The van der Waals surface area contributed by atoms with Gasteiger partial charge >= 0.3 is 0 Å². The highest BCUT2D eigenvalue weighted by Crippen LogP contribution is 2.26. The van der Waals surface area contributed by atoms with Crippen LogP contribution in [0.15, 0.2) is 42.5 Å². The third-order valence-electron chi connectivity index (χ3n) is 3.89. The van der Waals surface area contributed by atoms with Crippen LogP contribution < -0.4 is 5.32 Å². The molecule has 1 saturated heterocycles. The molecule has 5 nitrogen and oxygen atoms in total. The molecular weight excluding hydrogens is 363 g/mol. The fraction of sp³-hybridized carbons (Fsp3) is 0.167. The highest BCUT2D eigenvalue weighted by Gasteiger charge is 2.28. The number of rotatable bonds is 4. The van der Waals surface area contributed by atoms with E-state index >= 15 is 0 Å². The van der Waals surface area contributed by atoms with Gasteiger partial charge in [-0.05, 0) is 35.9 Å². The van der Waals surface area contributed by atoms with Crippen LogP contribution in [0, 0.1) is 0 Å². The minimum absolute atomic E-state index is 0.164. The first kappa shape index (κ1) is 17.5. The van der Waals surface area contributed by atoms with Gasteiger partial charge in [-0.1, -0.05) is 35.3 Å². The van der Waals surface area contributed by atoms with Gasteiger partial charge in [-0.15, -0.1) is 0 Å². The number of imide groups is 1. The molecule has 7 heteroatoms. The predicted molar refractivity (Wildman–Crippen MR) is 95.6 cm³/mol. The topological polar surface area (TPSA) is 66.5 Å². The highest BCUT2D eigenvalue weighted by atomic mass is 35.5. The van der Waals surface area contributed by atoms with Gasteiger partial charge in [0.1, 0.15) is 0 Å². The van der Waals surface area contributed by atoms with Gasteiger partial charge in [0.25, 0.3) is 5.91 Å². The number of benzene rings is 2. The minimum atomic E-state index is -0.330. The zero-order valence-electron chi connectivity index (χ0n) is 13.1. The van der Waals surface area contributed by atoms with E-state index in [1.54, 1.807) is 42.5 Å². The van der Waals surface area contributed by atoms with Crippen LogP contribution in [0.3, 0.4) is 0 Å². The summed E-state index contributed by atoms with van der Waals surface area (Å²) in [5.41, 5.74) is 1.64. The quantitative estimate of drug-likeness (QED) is 0.822. The molecule has 0 bridgehead atoms. The minimum Gasteiger partial charge on any atom is -0.321 e. The van der Waals surface area contributed by atoms with Crippen LogP contribution >= 0.6 is 23.2 Å². The molecule has 2 aromatic carbocycles. The van der Waals surface area contributed by atoms with E-state index in [9.17, 15) is 14.4 Å². The van der Waals surface area contributed by atoms with Crippen molar-refractivity contribution >= 4 is 46.6 Å².